The minimum atomic E-state index is -0.225. The Morgan fingerprint density at radius 2 is 1.75 bits per heavy atom. The van der Waals surface area contributed by atoms with E-state index in [2.05, 4.69) is 36.5 Å². The van der Waals surface area contributed by atoms with Crippen LogP contribution in [0, 0.1) is 6.92 Å². The average Bonchev–Trinajstić information content (AvgIpc) is 2.69. The molecule has 2 aromatic rings. The largest absolute Gasteiger partial charge is 0.349 e. The maximum atomic E-state index is 12.5. The number of rotatable bonds is 5. The first kappa shape index (κ1) is 20.7. The molecule has 1 N–H and O–H groups in total. The molecule has 1 aliphatic rings. The molecule has 2 aromatic carbocycles. The third-order valence-corrected chi connectivity index (χ3v) is 5.67. The van der Waals surface area contributed by atoms with Crippen molar-refractivity contribution in [2.45, 2.75) is 38.6 Å². The van der Waals surface area contributed by atoms with Gasteiger partial charge in [-0.15, -0.1) is 0 Å². The molecule has 4 nitrogen and oxygen atoms in total. The molecular weight excluding hydrogens is 395 g/mol. The Morgan fingerprint density at radius 1 is 1.07 bits per heavy atom. The SMILES string of the molecule is Cc1ccc(CCC(=O)N2CCC(NC(=O)c3cc(Cl)ccc3Cl)CC2)cc1. The Bertz CT molecular complexity index is 844. The number of likely N-dealkylation sites (tertiary alicyclic amines) is 1. The van der Waals surface area contributed by atoms with Crippen LogP contribution in [-0.4, -0.2) is 35.8 Å². The van der Waals surface area contributed by atoms with Crippen molar-refractivity contribution in [3.05, 3.63) is 69.2 Å². The van der Waals surface area contributed by atoms with E-state index >= 15 is 0 Å². The lowest BCUT2D eigenvalue weighted by molar-refractivity contribution is -0.132. The molecule has 0 aromatic heterocycles. The van der Waals surface area contributed by atoms with Crippen molar-refractivity contribution in [3.63, 3.8) is 0 Å². The van der Waals surface area contributed by atoms with Gasteiger partial charge in [0.15, 0.2) is 0 Å². The molecule has 1 heterocycles. The molecular formula is C22H24Cl2N2O2. The van der Waals surface area contributed by atoms with Crippen LogP contribution >= 0.6 is 23.2 Å². The zero-order valence-corrected chi connectivity index (χ0v) is 17.4. The summed E-state index contributed by atoms with van der Waals surface area (Å²) in [4.78, 5) is 26.8. The summed E-state index contributed by atoms with van der Waals surface area (Å²) in [7, 11) is 0. The second-order valence-electron chi connectivity index (χ2n) is 7.24. The van der Waals surface area contributed by atoms with Gasteiger partial charge in [-0.1, -0.05) is 53.0 Å². The maximum absolute atomic E-state index is 12.5. The first-order valence-electron chi connectivity index (χ1n) is 9.51. The molecule has 6 heteroatoms. The number of carbonyl (C=O) groups is 2. The summed E-state index contributed by atoms with van der Waals surface area (Å²) in [6, 6.07) is 13.2. The van der Waals surface area contributed by atoms with Crippen LogP contribution in [0.3, 0.4) is 0 Å². The van der Waals surface area contributed by atoms with Crippen LogP contribution in [0.25, 0.3) is 0 Å². The van der Waals surface area contributed by atoms with Gasteiger partial charge in [-0.25, -0.2) is 0 Å². The molecule has 0 radical (unpaired) electrons. The van der Waals surface area contributed by atoms with E-state index in [0.717, 1.165) is 19.3 Å². The van der Waals surface area contributed by atoms with Crippen LogP contribution in [0.5, 0.6) is 0 Å². The van der Waals surface area contributed by atoms with E-state index in [1.807, 2.05) is 4.90 Å². The minimum Gasteiger partial charge on any atom is -0.349 e. The molecule has 3 rings (SSSR count). The van der Waals surface area contributed by atoms with Crippen LogP contribution in [-0.2, 0) is 11.2 Å². The number of benzene rings is 2. The van der Waals surface area contributed by atoms with Gasteiger partial charge in [0.1, 0.15) is 0 Å². The minimum absolute atomic E-state index is 0.0312. The Labute approximate surface area is 175 Å². The Kier molecular flexibility index (Phi) is 6.97. The number of piperidine rings is 1. The second-order valence-corrected chi connectivity index (χ2v) is 8.08. The van der Waals surface area contributed by atoms with E-state index in [0.29, 0.717) is 35.1 Å². The Morgan fingerprint density at radius 3 is 2.43 bits per heavy atom. The highest BCUT2D eigenvalue weighted by molar-refractivity contribution is 6.35. The zero-order chi connectivity index (χ0) is 20.1. The molecule has 0 bridgehead atoms. The number of halogens is 2. The van der Waals surface area contributed by atoms with Crippen molar-refractivity contribution in [1.82, 2.24) is 10.2 Å². The number of nitrogens with one attached hydrogen (secondary N) is 1. The molecule has 1 aliphatic heterocycles. The lowest BCUT2D eigenvalue weighted by atomic mass is 10.0. The van der Waals surface area contributed by atoms with Gasteiger partial charge in [0.2, 0.25) is 5.91 Å². The number of aryl methyl sites for hydroxylation is 2. The van der Waals surface area contributed by atoms with Crippen molar-refractivity contribution in [3.8, 4) is 0 Å². The molecule has 0 unspecified atom stereocenters. The van der Waals surface area contributed by atoms with Crippen molar-refractivity contribution in [2.24, 2.45) is 0 Å². The summed E-state index contributed by atoms with van der Waals surface area (Å²) < 4.78 is 0. The van der Waals surface area contributed by atoms with Gasteiger partial charge in [-0.05, 0) is 49.9 Å². The molecule has 0 atom stereocenters. The highest BCUT2D eigenvalue weighted by Gasteiger charge is 2.24. The zero-order valence-electron chi connectivity index (χ0n) is 15.9. The van der Waals surface area contributed by atoms with Crippen LogP contribution < -0.4 is 5.32 Å². The molecule has 0 spiro atoms. The topological polar surface area (TPSA) is 49.4 Å². The standard InChI is InChI=1S/C22H24Cl2N2O2/c1-15-2-4-16(5-3-15)6-9-21(27)26-12-10-18(11-13-26)25-22(28)19-14-17(23)7-8-20(19)24/h2-5,7-8,14,18H,6,9-13H2,1H3,(H,25,28). The third-order valence-electron chi connectivity index (χ3n) is 5.10. The van der Waals surface area contributed by atoms with E-state index in [-0.39, 0.29) is 17.9 Å². The Hall–Kier alpha value is -2.04. The number of hydrogen-bond acceptors (Lipinski definition) is 2. The van der Waals surface area contributed by atoms with Gasteiger partial charge < -0.3 is 10.2 Å². The fraction of sp³-hybridized carbons (Fsp3) is 0.364. The van der Waals surface area contributed by atoms with Gasteiger partial charge in [-0.3, -0.25) is 9.59 Å². The van der Waals surface area contributed by atoms with Crippen LogP contribution in [0.4, 0.5) is 0 Å². The molecule has 148 valence electrons. The third kappa shape index (κ3) is 5.49. The molecule has 2 amide bonds. The molecule has 1 fully saturated rings. The van der Waals surface area contributed by atoms with E-state index in [9.17, 15) is 9.59 Å². The summed E-state index contributed by atoms with van der Waals surface area (Å²) in [5.41, 5.74) is 2.78. The van der Waals surface area contributed by atoms with Gasteiger partial charge >= 0.3 is 0 Å². The maximum Gasteiger partial charge on any atom is 0.253 e. The molecule has 1 saturated heterocycles. The number of carbonyl (C=O) groups excluding carboxylic acids is 2. The van der Waals surface area contributed by atoms with Crippen LogP contribution in [0.2, 0.25) is 10.0 Å². The van der Waals surface area contributed by atoms with E-state index in [4.69, 9.17) is 23.2 Å². The second kappa shape index (κ2) is 9.44. The van der Waals surface area contributed by atoms with Gasteiger partial charge in [0, 0.05) is 30.6 Å². The first-order chi connectivity index (χ1) is 13.4. The summed E-state index contributed by atoms with van der Waals surface area (Å²) in [6.45, 7) is 3.36. The average molecular weight is 419 g/mol. The summed E-state index contributed by atoms with van der Waals surface area (Å²) in [5, 5.41) is 3.86. The monoisotopic (exact) mass is 418 g/mol. The molecule has 0 aliphatic carbocycles. The van der Waals surface area contributed by atoms with Crippen LogP contribution in [0.15, 0.2) is 42.5 Å². The fourth-order valence-corrected chi connectivity index (χ4v) is 3.75. The van der Waals surface area contributed by atoms with E-state index in [1.54, 1.807) is 18.2 Å². The number of nitrogens with zero attached hydrogens (tertiary/aromatic N) is 1. The lowest BCUT2D eigenvalue weighted by Gasteiger charge is -2.32. The number of amides is 2. The predicted octanol–water partition coefficient (Wildman–Crippen LogP) is 4.66. The molecule has 0 saturated carbocycles. The van der Waals surface area contributed by atoms with Gasteiger partial charge in [0.05, 0.1) is 10.6 Å². The van der Waals surface area contributed by atoms with E-state index < -0.39 is 0 Å². The normalized spacial score (nSPS) is 14.8. The van der Waals surface area contributed by atoms with Crippen molar-refractivity contribution >= 4 is 35.0 Å². The fourth-order valence-electron chi connectivity index (χ4n) is 3.37. The highest BCUT2D eigenvalue weighted by Crippen LogP contribution is 2.21. The van der Waals surface area contributed by atoms with Crippen molar-refractivity contribution in [2.75, 3.05) is 13.1 Å². The molecule has 28 heavy (non-hydrogen) atoms. The smallest absolute Gasteiger partial charge is 0.253 e. The van der Waals surface area contributed by atoms with Crippen LogP contribution in [0.1, 0.15) is 40.7 Å². The van der Waals surface area contributed by atoms with Crippen molar-refractivity contribution < 1.29 is 9.59 Å². The lowest BCUT2D eigenvalue weighted by Crippen LogP contribution is -2.46. The summed E-state index contributed by atoms with van der Waals surface area (Å²) >= 11 is 12.1. The number of hydrogen-bond donors (Lipinski definition) is 1. The van der Waals surface area contributed by atoms with Gasteiger partial charge in [0.25, 0.3) is 5.91 Å². The summed E-state index contributed by atoms with van der Waals surface area (Å²) in [6.07, 6.45) is 2.74. The Balaban J connectivity index is 1.46. The summed E-state index contributed by atoms with van der Waals surface area (Å²) in [5.74, 6) is -0.0557. The highest BCUT2D eigenvalue weighted by atomic mass is 35.5. The van der Waals surface area contributed by atoms with Gasteiger partial charge in [-0.2, -0.15) is 0 Å². The van der Waals surface area contributed by atoms with Crippen molar-refractivity contribution in [1.29, 1.82) is 0 Å². The predicted molar refractivity (Wildman–Crippen MR) is 113 cm³/mol. The quantitative estimate of drug-likeness (QED) is 0.767. The first-order valence-corrected chi connectivity index (χ1v) is 10.3. The van der Waals surface area contributed by atoms with E-state index in [1.165, 1.54) is 11.1 Å².